The largest absolute Gasteiger partial charge is 0.0875 e. The van der Waals surface area contributed by atoms with Gasteiger partial charge in [-0.3, -0.25) is 0 Å². The number of rotatable bonds is 2. The van der Waals surface area contributed by atoms with Gasteiger partial charge in [-0.1, -0.05) is 75.9 Å². The molecule has 0 amide bonds. The Balaban J connectivity index is 1.82. The van der Waals surface area contributed by atoms with Crippen molar-refractivity contribution in [1.29, 1.82) is 0 Å². The summed E-state index contributed by atoms with van der Waals surface area (Å²) in [6.45, 7) is 0. The van der Waals surface area contributed by atoms with Crippen LogP contribution < -0.4 is 0 Å². The maximum Gasteiger partial charge on any atom is 0.0875 e. The summed E-state index contributed by atoms with van der Waals surface area (Å²) in [6.07, 6.45) is 7.01. The number of halogens is 4. The SMILES string of the molecule is BrC1(Br)C[C@H]1/C=C\[C@H]1CC1(Br)Br. The number of hydrogen-bond acceptors (Lipinski definition) is 0. The van der Waals surface area contributed by atoms with E-state index in [1.54, 1.807) is 0 Å². The molecule has 0 bridgehead atoms. The Labute approximate surface area is 106 Å². The molecule has 0 aromatic heterocycles. The summed E-state index contributed by atoms with van der Waals surface area (Å²) < 4.78 is 0.430. The lowest BCUT2D eigenvalue weighted by Gasteiger charge is -1.93. The molecule has 68 valence electrons. The van der Waals surface area contributed by atoms with E-state index >= 15 is 0 Å². The monoisotopic (exact) mass is 420 g/mol. The molecule has 0 saturated heterocycles. The lowest BCUT2D eigenvalue weighted by atomic mass is 10.3. The highest BCUT2D eigenvalue weighted by Crippen LogP contribution is 2.60. The first kappa shape index (κ1) is 10.2. The summed E-state index contributed by atoms with van der Waals surface area (Å²) in [6, 6.07) is 0. The highest BCUT2D eigenvalue weighted by molar-refractivity contribution is 9.26. The molecule has 0 aromatic rings. The van der Waals surface area contributed by atoms with E-state index in [9.17, 15) is 0 Å². The third kappa shape index (κ3) is 2.18. The fourth-order valence-electron chi connectivity index (χ4n) is 1.15. The molecular formula is C8H8Br4. The second kappa shape index (κ2) is 3.07. The summed E-state index contributed by atoms with van der Waals surface area (Å²) >= 11 is 14.4. The van der Waals surface area contributed by atoms with Crippen LogP contribution in [-0.4, -0.2) is 6.47 Å². The zero-order valence-corrected chi connectivity index (χ0v) is 12.6. The minimum absolute atomic E-state index is 0.215. The van der Waals surface area contributed by atoms with Gasteiger partial charge in [-0.2, -0.15) is 0 Å². The molecule has 0 heterocycles. The fourth-order valence-corrected chi connectivity index (χ4v) is 3.16. The molecule has 2 fully saturated rings. The van der Waals surface area contributed by atoms with Crippen molar-refractivity contribution in [2.75, 3.05) is 0 Å². The fraction of sp³-hybridized carbons (Fsp3) is 0.750. The summed E-state index contributed by atoms with van der Waals surface area (Å²) in [4.78, 5) is 0. The summed E-state index contributed by atoms with van der Waals surface area (Å²) in [5.41, 5.74) is 0. The van der Waals surface area contributed by atoms with E-state index in [4.69, 9.17) is 0 Å². The summed E-state index contributed by atoms with van der Waals surface area (Å²) in [5.74, 6) is 1.35. The molecule has 0 unspecified atom stereocenters. The van der Waals surface area contributed by atoms with E-state index < -0.39 is 0 Å². The van der Waals surface area contributed by atoms with Gasteiger partial charge in [0.2, 0.25) is 0 Å². The van der Waals surface area contributed by atoms with Gasteiger partial charge in [0.25, 0.3) is 0 Å². The van der Waals surface area contributed by atoms with Crippen molar-refractivity contribution in [3.63, 3.8) is 0 Å². The minimum Gasteiger partial charge on any atom is -0.0827 e. The Hall–Kier alpha value is 1.66. The molecule has 0 aromatic carbocycles. The van der Waals surface area contributed by atoms with Gasteiger partial charge in [0, 0.05) is 11.8 Å². The number of allylic oxidation sites excluding steroid dienone is 2. The lowest BCUT2D eigenvalue weighted by molar-refractivity contribution is 1.05. The lowest BCUT2D eigenvalue weighted by Crippen LogP contribution is -1.86. The Bertz CT molecular complexity index is 207. The molecule has 0 aliphatic heterocycles. The minimum atomic E-state index is 0.215. The zero-order chi connectivity index (χ0) is 8.98. The first-order valence-corrected chi connectivity index (χ1v) is 7.03. The van der Waals surface area contributed by atoms with E-state index in [1.807, 2.05) is 0 Å². The topological polar surface area (TPSA) is 0 Å². The Morgan fingerprint density at radius 2 is 1.08 bits per heavy atom. The normalized spacial score (nSPS) is 41.7. The second-order valence-corrected chi connectivity index (χ2v) is 11.3. The van der Waals surface area contributed by atoms with Crippen LogP contribution in [0.3, 0.4) is 0 Å². The van der Waals surface area contributed by atoms with E-state index in [0.717, 1.165) is 0 Å². The molecular weight excluding hydrogens is 416 g/mol. The van der Waals surface area contributed by atoms with E-state index in [-0.39, 0.29) is 6.47 Å². The summed E-state index contributed by atoms with van der Waals surface area (Å²) in [7, 11) is 0. The van der Waals surface area contributed by atoms with Crippen molar-refractivity contribution in [3.8, 4) is 0 Å². The average Bonchev–Trinajstić information content (AvgIpc) is 2.68. The van der Waals surface area contributed by atoms with E-state index in [1.165, 1.54) is 12.8 Å². The molecule has 2 aliphatic carbocycles. The molecule has 0 spiro atoms. The third-order valence-corrected chi connectivity index (χ3v) is 5.97. The van der Waals surface area contributed by atoms with E-state index in [0.29, 0.717) is 11.8 Å². The molecule has 2 rings (SSSR count). The number of alkyl halides is 4. The standard InChI is InChI=1S/C8H8Br4/c9-7(10)3-5(7)1-2-6-4-8(6,11)12/h1-2,5-6H,3-4H2/b2-1-/t5-,6+. The van der Waals surface area contributed by atoms with Crippen molar-refractivity contribution in [3.05, 3.63) is 12.2 Å². The van der Waals surface area contributed by atoms with Crippen LogP contribution in [0.5, 0.6) is 0 Å². The van der Waals surface area contributed by atoms with Gasteiger partial charge in [-0.05, 0) is 12.8 Å². The second-order valence-electron chi connectivity index (χ2n) is 3.53. The highest BCUT2D eigenvalue weighted by Gasteiger charge is 2.51. The third-order valence-electron chi connectivity index (χ3n) is 2.32. The Morgan fingerprint density at radius 3 is 1.25 bits per heavy atom. The van der Waals surface area contributed by atoms with Gasteiger partial charge in [-0.25, -0.2) is 0 Å². The predicted octanol–water partition coefficient (Wildman–Crippen LogP) is 4.55. The smallest absolute Gasteiger partial charge is 0.0827 e. The molecule has 0 N–H and O–H groups in total. The van der Waals surface area contributed by atoms with Crippen LogP contribution in [0.25, 0.3) is 0 Å². The molecule has 0 nitrogen and oxygen atoms in total. The molecule has 2 saturated carbocycles. The van der Waals surface area contributed by atoms with Crippen molar-refractivity contribution in [2.24, 2.45) is 11.8 Å². The van der Waals surface area contributed by atoms with Crippen molar-refractivity contribution in [1.82, 2.24) is 0 Å². The van der Waals surface area contributed by atoms with Crippen molar-refractivity contribution in [2.45, 2.75) is 19.3 Å². The van der Waals surface area contributed by atoms with Gasteiger partial charge < -0.3 is 0 Å². The molecule has 4 heteroatoms. The number of hydrogen-bond donors (Lipinski definition) is 0. The van der Waals surface area contributed by atoms with Crippen LogP contribution in [-0.2, 0) is 0 Å². The van der Waals surface area contributed by atoms with Gasteiger partial charge in [-0.15, -0.1) is 0 Å². The zero-order valence-electron chi connectivity index (χ0n) is 6.24. The molecule has 2 aliphatic rings. The maximum atomic E-state index is 3.59. The van der Waals surface area contributed by atoms with Crippen LogP contribution >= 0.6 is 63.7 Å². The molecule has 0 radical (unpaired) electrons. The predicted molar refractivity (Wildman–Crippen MR) is 66.5 cm³/mol. The van der Waals surface area contributed by atoms with Crippen molar-refractivity contribution < 1.29 is 0 Å². The van der Waals surface area contributed by atoms with Crippen LogP contribution in [0.1, 0.15) is 12.8 Å². The maximum absolute atomic E-state index is 3.59. The van der Waals surface area contributed by atoms with Gasteiger partial charge >= 0.3 is 0 Å². The van der Waals surface area contributed by atoms with E-state index in [2.05, 4.69) is 75.9 Å². The highest BCUT2D eigenvalue weighted by atomic mass is 79.9. The van der Waals surface area contributed by atoms with Gasteiger partial charge in [0.05, 0.1) is 6.47 Å². The average molecular weight is 424 g/mol. The van der Waals surface area contributed by atoms with Gasteiger partial charge in [0.1, 0.15) is 0 Å². The van der Waals surface area contributed by atoms with Crippen LogP contribution in [0.15, 0.2) is 12.2 Å². The first-order valence-electron chi connectivity index (χ1n) is 3.86. The first-order chi connectivity index (χ1) is 5.42. The van der Waals surface area contributed by atoms with Crippen LogP contribution in [0.2, 0.25) is 0 Å². The quantitative estimate of drug-likeness (QED) is 0.451. The summed E-state index contributed by atoms with van der Waals surface area (Å²) in [5, 5.41) is 0. The van der Waals surface area contributed by atoms with Crippen LogP contribution in [0.4, 0.5) is 0 Å². The van der Waals surface area contributed by atoms with Crippen LogP contribution in [0, 0.1) is 11.8 Å². The Morgan fingerprint density at radius 1 is 0.833 bits per heavy atom. The van der Waals surface area contributed by atoms with Gasteiger partial charge in [0.15, 0.2) is 0 Å². The van der Waals surface area contributed by atoms with Crippen molar-refractivity contribution >= 4 is 63.7 Å². The molecule has 2 atom stereocenters. The Kier molecular flexibility index (Phi) is 2.61. The molecule has 12 heavy (non-hydrogen) atoms.